The molecule has 0 amide bonds. The van der Waals surface area contributed by atoms with Crippen LogP contribution in [0.3, 0.4) is 0 Å². The molecule has 5 rings (SSSR count). The van der Waals surface area contributed by atoms with Crippen molar-refractivity contribution >= 4 is 33.3 Å². The van der Waals surface area contributed by atoms with Crippen LogP contribution in [0.1, 0.15) is 30.1 Å². The second-order valence-electron chi connectivity index (χ2n) is 8.15. The SMILES string of the molecule is CC(=O)c1cc2ccccc2c(-c2c(OC(=O)[C@@H]3CCCN3)ccc3ccccc23)c1O. The Kier molecular flexibility index (Phi) is 5.11. The van der Waals surface area contributed by atoms with Gasteiger partial charge in [0.1, 0.15) is 17.5 Å². The predicted molar refractivity (Wildman–Crippen MR) is 125 cm³/mol. The van der Waals surface area contributed by atoms with Crippen LogP contribution in [0.5, 0.6) is 11.5 Å². The van der Waals surface area contributed by atoms with Crippen molar-refractivity contribution in [3.63, 3.8) is 0 Å². The van der Waals surface area contributed by atoms with E-state index in [1.807, 2.05) is 54.6 Å². The number of phenols is 1. The molecule has 4 aromatic rings. The van der Waals surface area contributed by atoms with E-state index < -0.39 is 0 Å². The van der Waals surface area contributed by atoms with E-state index in [1.165, 1.54) is 6.92 Å². The van der Waals surface area contributed by atoms with Gasteiger partial charge in [-0.05, 0) is 60.0 Å². The number of hydrogen-bond donors (Lipinski definition) is 2. The maximum atomic E-state index is 12.9. The summed E-state index contributed by atoms with van der Waals surface area (Å²) in [5.74, 6) is -0.318. The molecule has 1 fully saturated rings. The Balaban J connectivity index is 1.82. The van der Waals surface area contributed by atoms with Gasteiger partial charge >= 0.3 is 5.97 Å². The molecule has 1 aliphatic rings. The highest BCUT2D eigenvalue weighted by atomic mass is 16.5. The van der Waals surface area contributed by atoms with Crippen molar-refractivity contribution in [1.82, 2.24) is 5.32 Å². The average molecular weight is 425 g/mol. The highest BCUT2D eigenvalue weighted by Crippen LogP contribution is 2.46. The van der Waals surface area contributed by atoms with Crippen LogP contribution in [0.4, 0.5) is 0 Å². The van der Waals surface area contributed by atoms with Gasteiger partial charge in [0, 0.05) is 11.1 Å². The summed E-state index contributed by atoms with van der Waals surface area (Å²) in [5.41, 5.74) is 1.33. The van der Waals surface area contributed by atoms with Crippen molar-refractivity contribution in [2.75, 3.05) is 6.54 Å². The fourth-order valence-corrected chi connectivity index (χ4v) is 4.52. The summed E-state index contributed by atoms with van der Waals surface area (Å²) in [6, 6.07) is 20.4. The summed E-state index contributed by atoms with van der Waals surface area (Å²) in [6.45, 7) is 2.22. The van der Waals surface area contributed by atoms with E-state index in [-0.39, 0.29) is 29.1 Å². The van der Waals surface area contributed by atoms with Crippen molar-refractivity contribution in [1.29, 1.82) is 0 Å². The number of phenolic OH excluding ortho intramolecular Hbond substituents is 1. The van der Waals surface area contributed by atoms with Crippen LogP contribution in [-0.2, 0) is 4.79 Å². The van der Waals surface area contributed by atoms with E-state index in [4.69, 9.17) is 4.74 Å². The van der Waals surface area contributed by atoms with Crippen molar-refractivity contribution in [3.8, 4) is 22.6 Å². The second kappa shape index (κ2) is 8.09. The van der Waals surface area contributed by atoms with Gasteiger partial charge in [-0.2, -0.15) is 0 Å². The molecule has 32 heavy (non-hydrogen) atoms. The van der Waals surface area contributed by atoms with Crippen LogP contribution in [0.25, 0.3) is 32.7 Å². The van der Waals surface area contributed by atoms with Gasteiger partial charge in [0.05, 0.1) is 5.56 Å². The first-order valence-corrected chi connectivity index (χ1v) is 10.8. The predicted octanol–water partition coefficient (Wildman–Crippen LogP) is 5.23. The third-order valence-electron chi connectivity index (χ3n) is 6.10. The number of aromatic hydroxyl groups is 1. The lowest BCUT2D eigenvalue weighted by Crippen LogP contribution is -2.34. The quantitative estimate of drug-likeness (QED) is 0.266. The largest absolute Gasteiger partial charge is 0.507 e. The maximum Gasteiger partial charge on any atom is 0.328 e. The Morgan fingerprint density at radius 1 is 0.938 bits per heavy atom. The van der Waals surface area contributed by atoms with E-state index in [0.29, 0.717) is 16.9 Å². The summed E-state index contributed by atoms with van der Waals surface area (Å²) < 4.78 is 5.90. The molecular formula is C27H23NO4. The third-order valence-corrected chi connectivity index (χ3v) is 6.10. The molecule has 1 saturated heterocycles. The van der Waals surface area contributed by atoms with Crippen LogP contribution in [0.15, 0.2) is 66.7 Å². The second-order valence-corrected chi connectivity index (χ2v) is 8.15. The Labute approximate surface area is 185 Å². The van der Waals surface area contributed by atoms with Crippen LogP contribution in [-0.4, -0.2) is 29.4 Å². The molecule has 0 aliphatic carbocycles. The summed E-state index contributed by atoms with van der Waals surface area (Å²) in [7, 11) is 0. The molecule has 0 unspecified atom stereocenters. The molecule has 0 aromatic heterocycles. The minimum Gasteiger partial charge on any atom is -0.507 e. The van der Waals surface area contributed by atoms with Gasteiger partial charge in [-0.3, -0.25) is 4.79 Å². The number of fused-ring (bicyclic) bond motifs is 2. The van der Waals surface area contributed by atoms with Crippen molar-refractivity contribution in [2.24, 2.45) is 0 Å². The third kappa shape index (κ3) is 3.41. The number of esters is 1. The summed E-state index contributed by atoms with van der Waals surface area (Å²) >= 11 is 0. The molecule has 0 radical (unpaired) electrons. The molecule has 5 nitrogen and oxygen atoms in total. The molecule has 0 saturated carbocycles. The van der Waals surface area contributed by atoms with Crippen molar-refractivity contribution < 1.29 is 19.4 Å². The first-order chi connectivity index (χ1) is 15.5. The lowest BCUT2D eigenvalue weighted by molar-refractivity contribution is -0.136. The van der Waals surface area contributed by atoms with Crippen LogP contribution >= 0.6 is 0 Å². The lowest BCUT2D eigenvalue weighted by Gasteiger charge is -2.19. The van der Waals surface area contributed by atoms with E-state index in [1.54, 1.807) is 12.1 Å². The van der Waals surface area contributed by atoms with Crippen LogP contribution in [0.2, 0.25) is 0 Å². The van der Waals surface area contributed by atoms with Crippen molar-refractivity contribution in [2.45, 2.75) is 25.8 Å². The first kappa shape index (κ1) is 20.2. The summed E-state index contributed by atoms with van der Waals surface area (Å²) in [4.78, 5) is 25.2. The number of carbonyl (C=O) groups excluding carboxylic acids is 2. The highest BCUT2D eigenvalue weighted by molar-refractivity contribution is 6.14. The minimum absolute atomic E-state index is 0.108. The van der Waals surface area contributed by atoms with Gasteiger partial charge in [-0.15, -0.1) is 0 Å². The lowest BCUT2D eigenvalue weighted by atomic mass is 9.89. The molecule has 1 heterocycles. The van der Waals surface area contributed by atoms with Gasteiger partial charge in [0.25, 0.3) is 0 Å². The first-order valence-electron chi connectivity index (χ1n) is 10.8. The zero-order valence-corrected chi connectivity index (χ0v) is 17.7. The minimum atomic E-state index is -0.344. The smallest absolute Gasteiger partial charge is 0.328 e. The van der Waals surface area contributed by atoms with Gasteiger partial charge in [0.15, 0.2) is 5.78 Å². The number of rotatable bonds is 4. The Morgan fingerprint density at radius 2 is 1.62 bits per heavy atom. The number of carbonyl (C=O) groups is 2. The number of ketones is 1. The Hall–Kier alpha value is -3.70. The monoisotopic (exact) mass is 425 g/mol. The summed E-state index contributed by atoms with van der Waals surface area (Å²) in [5, 5.41) is 17.8. The number of nitrogens with one attached hydrogen (secondary N) is 1. The van der Waals surface area contributed by atoms with Gasteiger partial charge in [0.2, 0.25) is 0 Å². The molecule has 4 aromatic carbocycles. The van der Waals surface area contributed by atoms with E-state index in [2.05, 4.69) is 5.32 Å². The molecule has 1 atom stereocenters. The Bertz CT molecular complexity index is 1370. The number of benzene rings is 4. The molecular weight excluding hydrogens is 402 g/mol. The van der Waals surface area contributed by atoms with E-state index >= 15 is 0 Å². The fourth-order valence-electron chi connectivity index (χ4n) is 4.52. The molecule has 0 bridgehead atoms. The van der Waals surface area contributed by atoms with Crippen LogP contribution < -0.4 is 10.1 Å². The number of Topliss-reactive ketones (excluding diaryl/α,β-unsaturated/α-hetero) is 1. The standard InChI is InChI=1S/C27H23NO4/c1-16(29)21-15-18-8-3-5-10-20(18)25(26(21)30)24-19-9-4-2-7-17(19)12-13-23(24)32-27(31)22-11-6-14-28-22/h2-5,7-10,12-13,15,22,28,30H,6,11,14H2,1H3/t22-/m0/s1. The molecule has 1 aliphatic heterocycles. The zero-order valence-electron chi connectivity index (χ0n) is 17.7. The number of hydrogen-bond acceptors (Lipinski definition) is 5. The normalized spacial score (nSPS) is 15.8. The van der Waals surface area contributed by atoms with E-state index in [0.717, 1.165) is 40.9 Å². The van der Waals surface area contributed by atoms with Crippen LogP contribution in [0, 0.1) is 0 Å². The summed E-state index contributed by atoms with van der Waals surface area (Å²) in [6.07, 6.45) is 1.66. The van der Waals surface area contributed by atoms with Gasteiger partial charge < -0.3 is 15.2 Å². The highest BCUT2D eigenvalue weighted by Gasteiger charge is 2.27. The van der Waals surface area contributed by atoms with Crippen molar-refractivity contribution in [3.05, 3.63) is 72.3 Å². The topological polar surface area (TPSA) is 75.6 Å². The number of ether oxygens (including phenoxy) is 1. The maximum absolute atomic E-state index is 12.9. The Morgan fingerprint density at radius 3 is 2.31 bits per heavy atom. The molecule has 160 valence electrons. The fraction of sp³-hybridized carbons (Fsp3) is 0.185. The van der Waals surface area contributed by atoms with E-state index in [9.17, 15) is 14.7 Å². The molecule has 0 spiro atoms. The molecule has 5 heteroatoms. The van der Waals surface area contributed by atoms with Gasteiger partial charge in [-0.1, -0.05) is 54.6 Å². The van der Waals surface area contributed by atoms with Gasteiger partial charge in [-0.25, -0.2) is 4.79 Å². The average Bonchev–Trinajstić information content (AvgIpc) is 3.34. The zero-order chi connectivity index (χ0) is 22.2. The molecule has 2 N–H and O–H groups in total.